The van der Waals surface area contributed by atoms with Crippen molar-refractivity contribution >= 4 is 12.0 Å². The average Bonchev–Trinajstić information content (AvgIpc) is 2.76. The first-order valence-electron chi connectivity index (χ1n) is 4.66. The van der Waals surface area contributed by atoms with Crippen LogP contribution >= 0.6 is 12.0 Å². The van der Waals surface area contributed by atoms with Gasteiger partial charge < -0.3 is 8.60 Å². The zero-order chi connectivity index (χ0) is 11.4. The molecular formula is C11H10FNO2S. The topological polar surface area (TPSA) is 35.3 Å². The van der Waals surface area contributed by atoms with Gasteiger partial charge in [-0.15, -0.1) is 0 Å². The Morgan fingerprint density at radius 1 is 1.38 bits per heavy atom. The molecule has 2 rings (SSSR count). The van der Waals surface area contributed by atoms with E-state index in [4.69, 9.17) is 8.60 Å². The van der Waals surface area contributed by atoms with Crippen LogP contribution in [0.5, 0.6) is 0 Å². The molecule has 5 heteroatoms. The molecule has 0 amide bonds. The predicted octanol–water partition coefficient (Wildman–Crippen LogP) is 3.28. The molecule has 3 nitrogen and oxygen atoms in total. The van der Waals surface area contributed by atoms with Crippen molar-refractivity contribution in [3.63, 3.8) is 0 Å². The van der Waals surface area contributed by atoms with Gasteiger partial charge in [-0.05, 0) is 36.3 Å². The van der Waals surface area contributed by atoms with E-state index < -0.39 is 0 Å². The number of oxazole rings is 1. The molecule has 0 saturated heterocycles. The number of halogens is 1. The van der Waals surface area contributed by atoms with Gasteiger partial charge in [-0.2, -0.15) is 0 Å². The van der Waals surface area contributed by atoms with Crippen LogP contribution in [0.3, 0.4) is 0 Å². The molecule has 0 bridgehead atoms. The van der Waals surface area contributed by atoms with Gasteiger partial charge in [0.15, 0.2) is 5.76 Å². The van der Waals surface area contributed by atoms with E-state index in [-0.39, 0.29) is 5.82 Å². The van der Waals surface area contributed by atoms with E-state index in [9.17, 15) is 4.39 Å². The highest BCUT2D eigenvalue weighted by Crippen LogP contribution is 2.20. The first kappa shape index (κ1) is 11.2. The van der Waals surface area contributed by atoms with E-state index in [2.05, 4.69) is 4.98 Å². The van der Waals surface area contributed by atoms with Crippen LogP contribution in [0.15, 0.2) is 34.9 Å². The molecule has 0 N–H and O–H groups in total. The number of rotatable bonds is 4. The van der Waals surface area contributed by atoms with E-state index in [1.54, 1.807) is 18.3 Å². The number of benzene rings is 1. The molecule has 2 aromatic rings. The van der Waals surface area contributed by atoms with Crippen LogP contribution < -0.4 is 0 Å². The van der Waals surface area contributed by atoms with Crippen LogP contribution in [0.1, 0.15) is 5.76 Å². The molecule has 0 aliphatic rings. The van der Waals surface area contributed by atoms with Gasteiger partial charge in [0.05, 0.1) is 6.20 Å². The maximum absolute atomic E-state index is 12.7. The maximum atomic E-state index is 12.7. The second kappa shape index (κ2) is 5.14. The molecule has 0 aliphatic heterocycles. The van der Waals surface area contributed by atoms with Crippen molar-refractivity contribution in [1.82, 2.24) is 4.98 Å². The van der Waals surface area contributed by atoms with E-state index in [0.29, 0.717) is 18.3 Å². The summed E-state index contributed by atoms with van der Waals surface area (Å²) in [6, 6.07) is 6.00. The summed E-state index contributed by atoms with van der Waals surface area (Å²) in [7, 11) is 0. The Bertz CT molecular complexity index is 455. The van der Waals surface area contributed by atoms with Crippen molar-refractivity contribution in [1.29, 1.82) is 0 Å². The zero-order valence-electron chi connectivity index (χ0n) is 8.64. The van der Waals surface area contributed by atoms with Crippen LogP contribution in [0.2, 0.25) is 0 Å². The SMILES string of the molecule is CSOCc1cnc(-c2ccc(F)cc2)o1. The van der Waals surface area contributed by atoms with Gasteiger partial charge in [-0.1, -0.05) is 0 Å². The lowest BCUT2D eigenvalue weighted by molar-refractivity contribution is 0.318. The van der Waals surface area contributed by atoms with Crippen LogP contribution in [0.25, 0.3) is 11.5 Å². The fraction of sp³-hybridized carbons (Fsp3) is 0.182. The van der Waals surface area contributed by atoms with Gasteiger partial charge in [0, 0.05) is 11.8 Å². The summed E-state index contributed by atoms with van der Waals surface area (Å²) in [5, 5.41) is 0. The maximum Gasteiger partial charge on any atom is 0.226 e. The summed E-state index contributed by atoms with van der Waals surface area (Å²) < 4.78 is 23.3. The monoisotopic (exact) mass is 239 g/mol. The highest BCUT2D eigenvalue weighted by Gasteiger charge is 2.06. The van der Waals surface area contributed by atoms with Gasteiger partial charge in [0.1, 0.15) is 12.4 Å². The molecule has 0 spiro atoms. The molecular weight excluding hydrogens is 229 g/mol. The first-order chi connectivity index (χ1) is 7.79. The Labute approximate surface area is 96.8 Å². The highest BCUT2D eigenvalue weighted by atomic mass is 32.2. The second-order valence-electron chi connectivity index (χ2n) is 3.07. The third-order valence-corrected chi connectivity index (χ3v) is 2.32. The van der Waals surface area contributed by atoms with E-state index in [0.717, 1.165) is 5.56 Å². The predicted molar refractivity (Wildman–Crippen MR) is 60.2 cm³/mol. The van der Waals surface area contributed by atoms with Gasteiger partial charge in [-0.3, -0.25) is 0 Å². The van der Waals surface area contributed by atoms with Crippen LogP contribution in [-0.4, -0.2) is 11.2 Å². The lowest BCUT2D eigenvalue weighted by atomic mass is 10.2. The smallest absolute Gasteiger partial charge is 0.226 e. The molecule has 1 aromatic carbocycles. The summed E-state index contributed by atoms with van der Waals surface area (Å²) in [4.78, 5) is 4.09. The fourth-order valence-corrected chi connectivity index (χ4v) is 1.45. The molecule has 0 saturated carbocycles. The van der Waals surface area contributed by atoms with Crippen LogP contribution in [-0.2, 0) is 10.8 Å². The number of aromatic nitrogens is 1. The molecule has 1 aromatic heterocycles. The van der Waals surface area contributed by atoms with Crippen LogP contribution in [0, 0.1) is 5.82 Å². The van der Waals surface area contributed by atoms with Crippen molar-refractivity contribution in [3.8, 4) is 11.5 Å². The molecule has 0 radical (unpaired) electrons. The third kappa shape index (κ3) is 2.62. The molecule has 0 unspecified atom stereocenters. The Balaban J connectivity index is 2.15. The standard InChI is InChI=1S/C11H10FNO2S/c1-16-14-7-10-6-13-11(15-10)8-2-4-9(12)5-3-8/h2-6H,7H2,1H3. The summed E-state index contributed by atoms with van der Waals surface area (Å²) in [5.74, 6) is 0.842. The minimum Gasteiger partial charge on any atom is -0.439 e. The molecule has 0 fully saturated rings. The largest absolute Gasteiger partial charge is 0.439 e. The quantitative estimate of drug-likeness (QED) is 0.767. The Hall–Kier alpha value is -1.33. The van der Waals surface area contributed by atoms with Crippen molar-refractivity contribution in [2.24, 2.45) is 0 Å². The number of hydrogen-bond donors (Lipinski definition) is 0. The second-order valence-corrected chi connectivity index (χ2v) is 3.64. The van der Waals surface area contributed by atoms with Gasteiger partial charge >= 0.3 is 0 Å². The summed E-state index contributed by atoms with van der Waals surface area (Å²) in [5.41, 5.74) is 0.747. The Morgan fingerprint density at radius 2 is 2.12 bits per heavy atom. The van der Waals surface area contributed by atoms with Gasteiger partial charge in [-0.25, -0.2) is 9.37 Å². The molecule has 1 heterocycles. The normalized spacial score (nSPS) is 10.6. The molecule has 84 valence electrons. The number of nitrogens with zero attached hydrogens (tertiary/aromatic N) is 1. The summed E-state index contributed by atoms with van der Waals surface area (Å²) >= 11 is 1.27. The lowest BCUT2D eigenvalue weighted by Gasteiger charge is -1.96. The van der Waals surface area contributed by atoms with Crippen molar-refractivity contribution < 1.29 is 13.0 Å². The van der Waals surface area contributed by atoms with Gasteiger partial charge in [0.2, 0.25) is 5.89 Å². The van der Waals surface area contributed by atoms with E-state index in [1.807, 2.05) is 6.26 Å². The molecule has 0 atom stereocenters. The van der Waals surface area contributed by atoms with E-state index in [1.165, 1.54) is 24.2 Å². The third-order valence-electron chi connectivity index (χ3n) is 1.96. The molecule has 16 heavy (non-hydrogen) atoms. The Kier molecular flexibility index (Phi) is 3.58. The van der Waals surface area contributed by atoms with Crippen molar-refractivity contribution in [2.75, 3.05) is 6.26 Å². The number of hydrogen-bond acceptors (Lipinski definition) is 4. The lowest BCUT2D eigenvalue weighted by Crippen LogP contribution is -1.80. The fourth-order valence-electron chi connectivity index (χ4n) is 1.22. The van der Waals surface area contributed by atoms with Gasteiger partial charge in [0.25, 0.3) is 0 Å². The van der Waals surface area contributed by atoms with Crippen molar-refractivity contribution in [2.45, 2.75) is 6.61 Å². The van der Waals surface area contributed by atoms with E-state index >= 15 is 0 Å². The summed E-state index contributed by atoms with van der Waals surface area (Å²) in [6.07, 6.45) is 3.44. The van der Waals surface area contributed by atoms with Crippen LogP contribution in [0.4, 0.5) is 4.39 Å². The average molecular weight is 239 g/mol. The minimum absolute atomic E-state index is 0.277. The first-order valence-corrected chi connectivity index (χ1v) is 5.81. The summed E-state index contributed by atoms with van der Waals surface area (Å²) in [6.45, 7) is 0.370. The highest BCUT2D eigenvalue weighted by molar-refractivity contribution is 7.93. The van der Waals surface area contributed by atoms with Crippen molar-refractivity contribution in [3.05, 3.63) is 42.0 Å². The zero-order valence-corrected chi connectivity index (χ0v) is 9.46. The Morgan fingerprint density at radius 3 is 2.81 bits per heavy atom. The molecule has 0 aliphatic carbocycles. The minimum atomic E-state index is -0.277.